The van der Waals surface area contributed by atoms with Gasteiger partial charge in [0.15, 0.2) is 16.7 Å². The smallest absolute Gasteiger partial charge is 0.430 e. The van der Waals surface area contributed by atoms with Crippen molar-refractivity contribution in [1.82, 2.24) is 9.97 Å². The first-order valence-corrected chi connectivity index (χ1v) is 10.2. The number of aromatic nitrogens is 3. The number of amides is 1. The topological polar surface area (TPSA) is 121 Å². The molecule has 0 aliphatic carbocycles. The molecule has 4 aromatic rings. The zero-order chi connectivity index (χ0) is 24.0. The molecule has 172 valence electrons. The highest BCUT2D eigenvalue weighted by Crippen LogP contribution is 2.20. The number of carbonyl (C=O) groups excluding carboxylic acids is 2. The number of benzene rings is 2. The number of halogens is 3. The monoisotopic (exact) mass is 478 g/mol. The van der Waals surface area contributed by atoms with Gasteiger partial charge in [0.25, 0.3) is 0 Å². The van der Waals surface area contributed by atoms with Crippen molar-refractivity contribution in [3.8, 4) is 17.3 Å². The molecule has 1 amide bonds. The van der Waals surface area contributed by atoms with E-state index < -0.39 is 12.1 Å². The molecular weight excluding hydrogens is 461 g/mol. The molecule has 0 aliphatic heterocycles. The number of rotatable bonds is 5. The van der Waals surface area contributed by atoms with Crippen LogP contribution in [0, 0.1) is 0 Å². The van der Waals surface area contributed by atoms with Gasteiger partial charge in [-0.2, -0.15) is 13.2 Å². The lowest BCUT2D eigenvalue weighted by Crippen LogP contribution is -2.37. The molecule has 0 saturated carbocycles. The number of carboxylic acids is 1. The first kappa shape index (κ1) is 23.7. The molecule has 33 heavy (non-hydrogen) atoms. The maximum absolute atomic E-state index is 12.3. The van der Waals surface area contributed by atoms with Gasteiger partial charge in [0.05, 0.1) is 19.0 Å². The first-order valence-electron chi connectivity index (χ1n) is 9.30. The quantitative estimate of drug-likeness (QED) is 0.457. The molecule has 12 heteroatoms. The predicted molar refractivity (Wildman–Crippen MR) is 112 cm³/mol. The highest BCUT2D eigenvalue weighted by molar-refractivity contribution is 7.07. The van der Waals surface area contributed by atoms with Crippen LogP contribution in [-0.2, 0) is 16.0 Å². The van der Waals surface area contributed by atoms with Crippen LogP contribution in [0.5, 0.6) is 5.75 Å². The van der Waals surface area contributed by atoms with Crippen molar-refractivity contribution >= 4 is 39.9 Å². The Morgan fingerprint density at radius 3 is 2.64 bits per heavy atom. The fourth-order valence-electron chi connectivity index (χ4n) is 2.77. The van der Waals surface area contributed by atoms with E-state index in [2.05, 4.69) is 20.3 Å². The molecule has 3 N–H and O–H groups in total. The van der Waals surface area contributed by atoms with E-state index in [4.69, 9.17) is 14.6 Å². The van der Waals surface area contributed by atoms with Gasteiger partial charge in [-0.05, 0) is 29.8 Å². The summed E-state index contributed by atoms with van der Waals surface area (Å²) in [5.74, 6) is -1.49. The zero-order valence-electron chi connectivity index (χ0n) is 17.0. The van der Waals surface area contributed by atoms with Crippen LogP contribution in [0.2, 0.25) is 0 Å². The molecule has 0 atom stereocenters. The molecule has 0 unspecified atom stereocenters. The van der Waals surface area contributed by atoms with E-state index in [0.717, 1.165) is 39.6 Å². The van der Waals surface area contributed by atoms with Gasteiger partial charge in [0, 0.05) is 17.1 Å². The molecule has 2 aromatic heterocycles. The van der Waals surface area contributed by atoms with E-state index in [1.807, 2.05) is 47.8 Å². The van der Waals surface area contributed by atoms with Gasteiger partial charge in [-0.1, -0.05) is 12.1 Å². The lowest BCUT2D eigenvalue weighted by Gasteiger charge is -2.06. The molecule has 0 saturated heterocycles. The average Bonchev–Trinajstić information content (AvgIpc) is 3.43. The van der Waals surface area contributed by atoms with Gasteiger partial charge >= 0.3 is 12.0 Å². The lowest BCUT2D eigenvalue weighted by atomic mass is 10.1. The van der Waals surface area contributed by atoms with Crippen molar-refractivity contribution in [3.05, 3.63) is 58.9 Å². The second-order valence-corrected chi connectivity index (χ2v) is 7.34. The van der Waals surface area contributed by atoms with Gasteiger partial charge in [0.1, 0.15) is 11.7 Å². The number of H-pyrrole nitrogens is 2. The van der Waals surface area contributed by atoms with Crippen LogP contribution in [0.1, 0.15) is 5.56 Å². The molecule has 8 nitrogen and oxygen atoms in total. The number of hydrogen-bond acceptors (Lipinski definition) is 6. The van der Waals surface area contributed by atoms with Gasteiger partial charge in [0.2, 0.25) is 5.91 Å². The number of thiazole rings is 1. The number of carbonyl (C=O) groups is 2. The van der Waals surface area contributed by atoms with Crippen molar-refractivity contribution in [2.45, 2.75) is 12.6 Å². The Balaban J connectivity index is 0.000000383. The maximum Gasteiger partial charge on any atom is 0.430 e. The summed E-state index contributed by atoms with van der Waals surface area (Å²) < 4.78 is 36.7. The summed E-state index contributed by atoms with van der Waals surface area (Å²) in [4.78, 5) is 32.0. The second kappa shape index (κ2) is 10.1. The van der Waals surface area contributed by atoms with E-state index in [1.165, 1.54) is 0 Å². The number of hydrogen-bond donors (Lipinski definition) is 2. The number of carboxylic acid groups (broad SMARTS) is 1. The summed E-state index contributed by atoms with van der Waals surface area (Å²) in [5, 5.41) is 13.7. The van der Waals surface area contributed by atoms with Crippen molar-refractivity contribution in [2.24, 2.45) is 0 Å². The van der Waals surface area contributed by atoms with Gasteiger partial charge in [-0.15, -0.1) is 11.3 Å². The Morgan fingerprint density at radius 1 is 1.24 bits per heavy atom. The first-order chi connectivity index (χ1) is 15.7. The Morgan fingerprint density at radius 2 is 2.00 bits per heavy atom. The van der Waals surface area contributed by atoms with Crippen LogP contribution in [-0.4, -0.2) is 35.1 Å². The molecule has 0 spiro atoms. The third-order valence-electron chi connectivity index (χ3n) is 4.24. The Hall–Kier alpha value is -3.93. The summed E-state index contributed by atoms with van der Waals surface area (Å²) in [5.41, 5.74) is 6.17. The molecule has 0 fully saturated rings. The zero-order valence-corrected chi connectivity index (χ0v) is 17.8. The molecule has 0 radical (unpaired) electrons. The summed E-state index contributed by atoms with van der Waals surface area (Å²) in [6, 6.07) is 13.2. The number of nitrogens with one attached hydrogen (secondary N) is 3. The summed E-state index contributed by atoms with van der Waals surface area (Å²) in [6.07, 6.45) is -4.91. The minimum Gasteiger partial charge on any atom is -0.542 e. The minimum absolute atomic E-state index is 0.0761. The van der Waals surface area contributed by atoms with Crippen LogP contribution in [0.15, 0.2) is 53.4 Å². The molecular formula is C21H17F3N4O4S. The number of fused-ring (bicyclic) bond motifs is 1. The van der Waals surface area contributed by atoms with Crippen LogP contribution >= 0.6 is 11.3 Å². The number of aromatic amines is 2. The standard InChI is InChI=1S/C19H16N4O2S.C2HF3O2/c1-25-14-4-2-3-12(7-14)8-18(24)21-13-5-6-15-16(9-13)23-19(22-15)17-10-26-11-20-17;3-2(4,5)1(6)7/h2-7,9-11H,8H2,1H3,(H,21,24)(H,22,23);(H,6,7). The Labute approximate surface area is 189 Å². The van der Waals surface area contributed by atoms with E-state index in [9.17, 15) is 18.0 Å². The van der Waals surface area contributed by atoms with Gasteiger partial charge in [-0.25, -0.2) is 15.0 Å². The van der Waals surface area contributed by atoms with E-state index in [1.54, 1.807) is 24.0 Å². The number of ether oxygens (including phenoxy) is 1. The molecule has 0 bridgehead atoms. The van der Waals surface area contributed by atoms with Crippen molar-refractivity contribution < 1.29 is 37.6 Å². The fourth-order valence-corrected chi connectivity index (χ4v) is 3.31. The normalized spacial score (nSPS) is 10.9. The average molecular weight is 478 g/mol. The van der Waals surface area contributed by atoms with Gasteiger partial charge < -0.3 is 20.0 Å². The number of nitrogens with zero attached hydrogens (tertiary/aromatic N) is 1. The van der Waals surface area contributed by atoms with Crippen LogP contribution in [0.25, 0.3) is 22.6 Å². The van der Waals surface area contributed by atoms with Gasteiger partial charge in [-0.3, -0.25) is 4.79 Å². The molecule has 2 aromatic carbocycles. The maximum atomic E-state index is 12.3. The second-order valence-electron chi connectivity index (χ2n) is 6.62. The van der Waals surface area contributed by atoms with Crippen LogP contribution < -0.4 is 20.1 Å². The molecule has 2 heterocycles. The Kier molecular flexibility index (Phi) is 7.28. The Bertz CT molecular complexity index is 1260. The number of aliphatic carboxylic acids is 1. The third-order valence-corrected chi connectivity index (χ3v) is 4.83. The predicted octanol–water partition coefficient (Wildman–Crippen LogP) is 2.59. The van der Waals surface area contributed by atoms with Crippen LogP contribution in [0.3, 0.4) is 0 Å². The SMILES string of the molecule is COc1cccc(CC(=O)Nc2ccc3[nH+]c(-c4cscn4)[nH]c3c2)c1.O=C([O-])C(F)(F)F. The third kappa shape index (κ3) is 6.53. The summed E-state index contributed by atoms with van der Waals surface area (Å²) in [6.45, 7) is 0. The highest BCUT2D eigenvalue weighted by Gasteiger charge is 2.28. The largest absolute Gasteiger partial charge is 0.542 e. The van der Waals surface area contributed by atoms with E-state index >= 15 is 0 Å². The van der Waals surface area contributed by atoms with Crippen molar-refractivity contribution in [3.63, 3.8) is 0 Å². The molecule has 0 aliphatic rings. The van der Waals surface area contributed by atoms with E-state index in [0.29, 0.717) is 0 Å². The fraction of sp³-hybridized carbons (Fsp3) is 0.143. The van der Waals surface area contributed by atoms with Crippen molar-refractivity contribution in [2.75, 3.05) is 12.4 Å². The van der Waals surface area contributed by atoms with Crippen LogP contribution in [0.4, 0.5) is 18.9 Å². The number of imidazole rings is 1. The van der Waals surface area contributed by atoms with E-state index in [-0.39, 0.29) is 12.3 Å². The number of anilines is 1. The minimum atomic E-state index is -5.19. The summed E-state index contributed by atoms with van der Waals surface area (Å²) in [7, 11) is 1.61. The van der Waals surface area contributed by atoms with Crippen molar-refractivity contribution in [1.29, 1.82) is 0 Å². The molecule has 4 rings (SSSR count). The number of methoxy groups -OCH3 is 1. The number of alkyl halides is 3. The lowest BCUT2D eigenvalue weighted by molar-refractivity contribution is -0.344. The highest BCUT2D eigenvalue weighted by atomic mass is 32.1. The summed E-state index contributed by atoms with van der Waals surface area (Å²) >= 11 is 1.54.